The lowest BCUT2D eigenvalue weighted by Crippen LogP contribution is -2.30. The maximum atomic E-state index is 13.2. The SMILES string of the molecule is O=c1[nH]c2ccc(S(=O)(=O)NC(c3ccccc3)c3ccc(OC(F)F)cc3)cc2[nH]c1=O. The minimum absolute atomic E-state index is 0.0594. The van der Waals surface area contributed by atoms with Crippen LogP contribution in [-0.2, 0) is 10.0 Å². The Balaban J connectivity index is 1.72. The van der Waals surface area contributed by atoms with E-state index >= 15 is 0 Å². The first-order valence-corrected chi connectivity index (χ1v) is 11.1. The number of ether oxygens (including phenoxy) is 1. The Morgan fingerprint density at radius 1 is 0.788 bits per heavy atom. The molecule has 0 saturated carbocycles. The Labute approximate surface area is 185 Å². The molecule has 1 aromatic heterocycles. The number of fused-ring (bicyclic) bond motifs is 1. The quantitative estimate of drug-likeness (QED) is 0.357. The van der Waals surface area contributed by atoms with Crippen LogP contribution in [0.2, 0.25) is 0 Å². The highest BCUT2D eigenvalue weighted by Crippen LogP contribution is 2.27. The van der Waals surface area contributed by atoms with Crippen LogP contribution in [0.3, 0.4) is 0 Å². The van der Waals surface area contributed by atoms with Crippen LogP contribution in [0.5, 0.6) is 5.75 Å². The molecule has 8 nitrogen and oxygen atoms in total. The van der Waals surface area contributed by atoms with E-state index in [0.717, 1.165) is 0 Å². The minimum Gasteiger partial charge on any atom is -0.435 e. The Hall–Kier alpha value is -3.83. The highest BCUT2D eigenvalue weighted by molar-refractivity contribution is 7.89. The van der Waals surface area contributed by atoms with E-state index in [1.54, 1.807) is 30.3 Å². The molecule has 0 radical (unpaired) electrons. The summed E-state index contributed by atoms with van der Waals surface area (Å²) in [5.74, 6) is -0.0594. The zero-order valence-corrected chi connectivity index (χ0v) is 17.6. The number of nitrogens with one attached hydrogen (secondary N) is 3. The Kier molecular flexibility index (Phi) is 6.07. The zero-order valence-electron chi connectivity index (χ0n) is 16.8. The average Bonchev–Trinajstić information content (AvgIpc) is 2.79. The van der Waals surface area contributed by atoms with Crippen molar-refractivity contribution in [3.8, 4) is 5.75 Å². The van der Waals surface area contributed by atoms with Gasteiger partial charge in [-0.2, -0.15) is 13.5 Å². The molecule has 1 atom stereocenters. The van der Waals surface area contributed by atoms with Gasteiger partial charge in [0.25, 0.3) is 0 Å². The topological polar surface area (TPSA) is 121 Å². The van der Waals surface area contributed by atoms with Crippen molar-refractivity contribution in [3.63, 3.8) is 0 Å². The molecule has 1 heterocycles. The smallest absolute Gasteiger partial charge is 0.387 e. The maximum Gasteiger partial charge on any atom is 0.387 e. The molecule has 0 amide bonds. The molecule has 33 heavy (non-hydrogen) atoms. The van der Waals surface area contributed by atoms with E-state index in [-0.39, 0.29) is 21.7 Å². The fraction of sp³-hybridized carbons (Fsp3) is 0.0909. The molecule has 3 N–H and O–H groups in total. The number of aromatic amines is 2. The zero-order chi connectivity index (χ0) is 23.6. The molecule has 4 aromatic rings. The number of hydrogen-bond acceptors (Lipinski definition) is 5. The largest absolute Gasteiger partial charge is 0.435 e. The maximum absolute atomic E-state index is 13.2. The van der Waals surface area contributed by atoms with E-state index in [2.05, 4.69) is 19.4 Å². The average molecular weight is 473 g/mol. The second-order valence-corrected chi connectivity index (χ2v) is 8.74. The standard InChI is InChI=1S/C22H17F2N3O5S/c23-22(24)32-15-8-6-14(7-9-15)19(13-4-2-1-3-5-13)27-33(30,31)16-10-11-17-18(12-16)26-21(29)20(28)25-17/h1-12,19,22,27H,(H,25,28)(H,26,29). The van der Waals surface area contributed by atoms with Gasteiger partial charge in [0.1, 0.15) is 5.75 Å². The molecule has 3 aromatic carbocycles. The van der Waals surface area contributed by atoms with Gasteiger partial charge >= 0.3 is 17.7 Å². The van der Waals surface area contributed by atoms with Gasteiger partial charge in [0, 0.05) is 0 Å². The van der Waals surface area contributed by atoms with Crippen molar-refractivity contribution >= 4 is 21.1 Å². The molecular weight excluding hydrogens is 456 g/mol. The van der Waals surface area contributed by atoms with Crippen molar-refractivity contribution in [1.29, 1.82) is 0 Å². The first kappa shape index (κ1) is 22.4. The molecule has 4 rings (SSSR count). The normalized spacial score (nSPS) is 12.7. The van der Waals surface area contributed by atoms with Crippen molar-refractivity contribution < 1.29 is 21.9 Å². The first-order valence-electron chi connectivity index (χ1n) is 9.61. The monoisotopic (exact) mass is 473 g/mol. The van der Waals surface area contributed by atoms with Crippen molar-refractivity contribution in [3.05, 3.63) is 105 Å². The number of benzene rings is 3. The molecule has 170 valence electrons. The molecule has 1 unspecified atom stereocenters. The van der Waals surface area contributed by atoms with Gasteiger partial charge in [0.2, 0.25) is 10.0 Å². The predicted molar refractivity (Wildman–Crippen MR) is 117 cm³/mol. The molecule has 11 heteroatoms. The number of H-pyrrole nitrogens is 2. The molecule has 0 aliphatic rings. The summed E-state index contributed by atoms with van der Waals surface area (Å²) in [6.45, 7) is -2.98. The summed E-state index contributed by atoms with van der Waals surface area (Å²) in [4.78, 5) is 27.7. The minimum atomic E-state index is -4.11. The Bertz CT molecular complexity index is 1500. The van der Waals surface area contributed by atoms with E-state index < -0.39 is 33.8 Å². The summed E-state index contributed by atoms with van der Waals surface area (Å²) in [5.41, 5.74) is -0.232. The second-order valence-electron chi connectivity index (χ2n) is 7.03. The summed E-state index contributed by atoms with van der Waals surface area (Å²) in [5, 5.41) is 0. The van der Waals surface area contributed by atoms with Gasteiger partial charge in [0.05, 0.1) is 22.0 Å². The first-order chi connectivity index (χ1) is 15.7. The van der Waals surface area contributed by atoms with Gasteiger partial charge in [-0.15, -0.1) is 0 Å². The van der Waals surface area contributed by atoms with Crippen LogP contribution in [0.4, 0.5) is 8.78 Å². The summed E-state index contributed by atoms with van der Waals surface area (Å²) >= 11 is 0. The molecule has 0 bridgehead atoms. The van der Waals surface area contributed by atoms with Crippen LogP contribution >= 0.6 is 0 Å². The van der Waals surface area contributed by atoms with Crippen LogP contribution < -0.4 is 20.6 Å². The molecule has 0 aliphatic heterocycles. The Morgan fingerprint density at radius 3 is 2.03 bits per heavy atom. The van der Waals surface area contributed by atoms with Gasteiger partial charge in [-0.3, -0.25) is 9.59 Å². The molecule has 0 aliphatic carbocycles. The van der Waals surface area contributed by atoms with Crippen LogP contribution in [0.1, 0.15) is 17.2 Å². The van der Waals surface area contributed by atoms with Crippen molar-refractivity contribution in [2.45, 2.75) is 17.5 Å². The number of halogens is 2. The lowest BCUT2D eigenvalue weighted by atomic mass is 10.00. The Morgan fingerprint density at radius 2 is 1.39 bits per heavy atom. The third-order valence-electron chi connectivity index (χ3n) is 4.85. The number of sulfonamides is 1. The third kappa shape index (κ3) is 4.99. The van der Waals surface area contributed by atoms with Gasteiger partial charge in [-0.25, -0.2) is 8.42 Å². The van der Waals surface area contributed by atoms with Gasteiger partial charge in [0.15, 0.2) is 0 Å². The number of aromatic nitrogens is 2. The summed E-state index contributed by atoms with van der Waals surface area (Å²) in [6, 6.07) is 17.4. The molecule has 0 fully saturated rings. The molecular formula is C22H17F2N3O5S. The van der Waals surface area contributed by atoms with Gasteiger partial charge in [-0.1, -0.05) is 42.5 Å². The van der Waals surface area contributed by atoms with Crippen molar-refractivity contribution in [2.75, 3.05) is 0 Å². The second kappa shape index (κ2) is 8.96. The summed E-state index contributed by atoms with van der Waals surface area (Å²) < 4.78 is 58.3. The highest BCUT2D eigenvalue weighted by atomic mass is 32.2. The number of rotatable bonds is 7. The van der Waals surface area contributed by atoms with Crippen LogP contribution in [0.25, 0.3) is 11.0 Å². The fourth-order valence-corrected chi connectivity index (χ4v) is 4.54. The van der Waals surface area contributed by atoms with Crippen molar-refractivity contribution in [1.82, 2.24) is 14.7 Å². The lowest BCUT2D eigenvalue weighted by molar-refractivity contribution is -0.0498. The number of hydrogen-bond donors (Lipinski definition) is 3. The van der Waals surface area contributed by atoms with Gasteiger partial charge < -0.3 is 14.7 Å². The summed E-state index contributed by atoms with van der Waals surface area (Å²) in [6.07, 6.45) is 0. The van der Waals surface area contributed by atoms with Crippen molar-refractivity contribution in [2.24, 2.45) is 0 Å². The summed E-state index contributed by atoms with van der Waals surface area (Å²) in [7, 11) is -4.11. The van der Waals surface area contributed by atoms with Crippen LogP contribution in [0.15, 0.2) is 87.3 Å². The predicted octanol–water partition coefficient (Wildman–Crippen LogP) is 2.89. The van der Waals surface area contributed by atoms with E-state index in [9.17, 15) is 26.8 Å². The van der Waals surface area contributed by atoms with Gasteiger partial charge in [-0.05, 0) is 41.5 Å². The fourth-order valence-electron chi connectivity index (χ4n) is 3.30. The van der Waals surface area contributed by atoms with E-state index in [0.29, 0.717) is 11.1 Å². The third-order valence-corrected chi connectivity index (χ3v) is 6.27. The lowest BCUT2D eigenvalue weighted by Gasteiger charge is -2.20. The van der Waals surface area contributed by atoms with E-state index in [1.165, 1.54) is 42.5 Å². The number of alkyl halides is 2. The molecule has 0 spiro atoms. The highest BCUT2D eigenvalue weighted by Gasteiger charge is 2.23. The van der Waals surface area contributed by atoms with Crippen LogP contribution in [0, 0.1) is 0 Å². The van der Waals surface area contributed by atoms with E-state index in [4.69, 9.17) is 0 Å². The molecule has 0 saturated heterocycles. The van der Waals surface area contributed by atoms with Crippen LogP contribution in [-0.4, -0.2) is 25.0 Å². The van der Waals surface area contributed by atoms with E-state index in [1.807, 2.05) is 0 Å².